The molecule has 1 atom stereocenters. The smallest absolute Gasteiger partial charge is 0.134 e. The molecule has 1 aromatic heterocycles. The van der Waals surface area contributed by atoms with Gasteiger partial charge in [-0.15, -0.1) is 0 Å². The van der Waals surface area contributed by atoms with Crippen LogP contribution in [0.2, 0.25) is 0 Å². The van der Waals surface area contributed by atoms with E-state index in [1.807, 2.05) is 19.2 Å². The lowest BCUT2D eigenvalue weighted by Gasteiger charge is -2.30. The third-order valence-corrected chi connectivity index (χ3v) is 4.80. The average Bonchev–Trinajstić information content (AvgIpc) is 3.17. The normalized spacial score (nSPS) is 17.9. The third-order valence-electron chi connectivity index (χ3n) is 4.80. The van der Waals surface area contributed by atoms with Crippen molar-refractivity contribution in [2.45, 2.75) is 44.7 Å². The van der Waals surface area contributed by atoms with Crippen molar-refractivity contribution in [1.29, 1.82) is 0 Å². The van der Waals surface area contributed by atoms with E-state index in [0.29, 0.717) is 0 Å². The molecule has 0 saturated heterocycles. The summed E-state index contributed by atoms with van der Waals surface area (Å²) in [6.07, 6.45) is 5.47. The Bertz CT molecular complexity index is 538. The fourth-order valence-electron chi connectivity index (χ4n) is 3.54. The maximum atomic E-state index is 6.04. The number of fused-ring (bicyclic) bond motifs is 1. The maximum Gasteiger partial charge on any atom is 0.134 e. The van der Waals surface area contributed by atoms with Gasteiger partial charge in [-0.25, -0.2) is 0 Å². The molecule has 3 rings (SSSR count). The van der Waals surface area contributed by atoms with E-state index >= 15 is 0 Å². The van der Waals surface area contributed by atoms with E-state index < -0.39 is 0 Å². The first-order valence-corrected chi connectivity index (χ1v) is 8.21. The highest BCUT2D eigenvalue weighted by Gasteiger charge is 2.25. The molecule has 1 aromatic carbocycles. The minimum Gasteiger partial charge on any atom is -0.459 e. The van der Waals surface area contributed by atoms with Gasteiger partial charge in [-0.3, -0.25) is 4.90 Å². The lowest BCUT2D eigenvalue weighted by Crippen LogP contribution is -2.39. The van der Waals surface area contributed by atoms with E-state index in [-0.39, 0.29) is 6.04 Å². The topological polar surface area (TPSA) is 28.4 Å². The minimum absolute atomic E-state index is 0.262. The highest BCUT2D eigenvalue weighted by atomic mass is 16.3. The summed E-state index contributed by atoms with van der Waals surface area (Å²) in [7, 11) is 2.03. The summed E-state index contributed by atoms with van der Waals surface area (Å²) in [6, 6.07) is 11.4. The molecule has 0 radical (unpaired) electrons. The van der Waals surface area contributed by atoms with E-state index in [4.69, 9.17) is 4.42 Å². The Kier molecular flexibility index (Phi) is 4.61. The first kappa shape index (κ1) is 14.6. The average molecular weight is 286 g/mol. The molecule has 1 aliphatic rings. The Hall–Kier alpha value is -1.32. The number of hydrogen-bond acceptors (Lipinski definition) is 3. The molecular weight excluding hydrogens is 260 g/mol. The van der Waals surface area contributed by atoms with Crippen molar-refractivity contribution in [1.82, 2.24) is 10.2 Å². The van der Waals surface area contributed by atoms with Crippen LogP contribution in [0.15, 0.2) is 34.7 Å². The zero-order chi connectivity index (χ0) is 14.7. The Morgan fingerprint density at radius 3 is 2.71 bits per heavy atom. The van der Waals surface area contributed by atoms with Crippen LogP contribution >= 0.6 is 0 Å². The molecule has 1 unspecified atom stereocenters. The fraction of sp³-hybridized carbons (Fsp3) is 0.556. The van der Waals surface area contributed by atoms with Crippen molar-refractivity contribution in [2.75, 3.05) is 20.1 Å². The molecule has 0 bridgehead atoms. The van der Waals surface area contributed by atoms with Crippen LogP contribution in [0.3, 0.4) is 0 Å². The molecule has 2 aromatic rings. The van der Waals surface area contributed by atoms with E-state index in [0.717, 1.165) is 30.5 Å². The quantitative estimate of drug-likeness (QED) is 0.871. The van der Waals surface area contributed by atoms with Crippen LogP contribution in [-0.4, -0.2) is 31.1 Å². The SMILES string of the molecule is CCN(CC(NC)c1cc2ccccc2o1)C1CCCC1. The zero-order valence-electron chi connectivity index (χ0n) is 13.1. The van der Waals surface area contributed by atoms with Crippen molar-refractivity contribution in [2.24, 2.45) is 0 Å². The van der Waals surface area contributed by atoms with Crippen LogP contribution in [0.4, 0.5) is 0 Å². The Morgan fingerprint density at radius 1 is 1.29 bits per heavy atom. The van der Waals surface area contributed by atoms with Crippen LogP contribution in [0.1, 0.15) is 44.4 Å². The van der Waals surface area contributed by atoms with Gasteiger partial charge in [-0.2, -0.15) is 0 Å². The number of benzene rings is 1. The predicted octanol–water partition coefficient (Wildman–Crippen LogP) is 3.96. The Labute approximate surface area is 127 Å². The summed E-state index contributed by atoms with van der Waals surface area (Å²) in [5, 5.41) is 4.62. The van der Waals surface area contributed by atoms with E-state index in [1.54, 1.807) is 0 Å². The van der Waals surface area contributed by atoms with Crippen LogP contribution in [0, 0.1) is 0 Å². The van der Waals surface area contributed by atoms with Crippen molar-refractivity contribution in [3.05, 3.63) is 36.1 Å². The summed E-state index contributed by atoms with van der Waals surface area (Å²) < 4.78 is 6.04. The van der Waals surface area contributed by atoms with Crippen LogP contribution in [0.25, 0.3) is 11.0 Å². The molecule has 1 heterocycles. The summed E-state index contributed by atoms with van der Waals surface area (Å²) in [6.45, 7) is 4.41. The third kappa shape index (κ3) is 3.14. The van der Waals surface area contributed by atoms with Gasteiger partial charge in [-0.1, -0.05) is 38.0 Å². The van der Waals surface area contributed by atoms with Crippen LogP contribution in [0.5, 0.6) is 0 Å². The molecule has 0 amide bonds. The van der Waals surface area contributed by atoms with Crippen LogP contribution < -0.4 is 5.32 Å². The first-order chi connectivity index (χ1) is 10.3. The predicted molar refractivity (Wildman–Crippen MR) is 87.5 cm³/mol. The molecule has 1 saturated carbocycles. The molecule has 1 aliphatic carbocycles. The van der Waals surface area contributed by atoms with Crippen molar-refractivity contribution >= 4 is 11.0 Å². The molecule has 3 heteroatoms. The lowest BCUT2D eigenvalue weighted by molar-refractivity contribution is 0.182. The van der Waals surface area contributed by atoms with Crippen molar-refractivity contribution < 1.29 is 4.42 Å². The second-order valence-corrected chi connectivity index (χ2v) is 6.05. The molecular formula is C18H26N2O. The summed E-state index contributed by atoms with van der Waals surface area (Å²) in [4.78, 5) is 2.61. The number of hydrogen-bond donors (Lipinski definition) is 1. The van der Waals surface area contributed by atoms with E-state index in [2.05, 4.69) is 35.3 Å². The molecule has 21 heavy (non-hydrogen) atoms. The molecule has 3 nitrogen and oxygen atoms in total. The van der Waals surface area contributed by atoms with Crippen molar-refractivity contribution in [3.63, 3.8) is 0 Å². The summed E-state index contributed by atoms with van der Waals surface area (Å²) in [5.74, 6) is 1.05. The Morgan fingerprint density at radius 2 is 2.05 bits per heavy atom. The van der Waals surface area contributed by atoms with E-state index in [1.165, 1.54) is 31.1 Å². The second kappa shape index (κ2) is 6.63. The molecule has 0 aliphatic heterocycles. The second-order valence-electron chi connectivity index (χ2n) is 6.05. The monoisotopic (exact) mass is 286 g/mol. The largest absolute Gasteiger partial charge is 0.459 e. The maximum absolute atomic E-state index is 6.04. The summed E-state index contributed by atoms with van der Waals surface area (Å²) >= 11 is 0. The minimum atomic E-state index is 0.262. The lowest BCUT2D eigenvalue weighted by atomic mass is 10.1. The number of rotatable bonds is 6. The van der Waals surface area contributed by atoms with E-state index in [9.17, 15) is 0 Å². The van der Waals surface area contributed by atoms with Crippen molar-refractivity contribution in [3.8, 4) is 0 Å². The number of furan rings is 1. The standard InChI is InChI=1S/C18H26N2O/c1-3-20(15-9-5-6-10-15)13-16(19-2)18-12-14-8-4-7-11-17(14)21-18/h4,7-8,11-12,15-16,19H,3,5-6,9-10,13H2,1-2H3. The number of para-hydroxylation sites is 1. The van der Waals surface area contributed by atoms with Gasteiger partial charge in [0.15, 0.2) is 0 Å². The number of likely N-dealkylation sites (N-methyl/N-ethyl adjacent to an activating group) is 2. The first-order valence-electron chi connectivity index (χ1n) is 8.21. The summed E-state index contributed by atoms with van der Waals surface area (Å²) in [5.41, 5.74) is 0.983. The van der Waals surface area contributed by atoms with Gasteiger partial charge < -0.3 is 9.73 Å². The van der Waals surface area contributed by atoms with Gasteiger partial charge in [0, 0.05) is 18.0 Å². The van der Waals surface area contributed by atoms with Gasteiger partial charge in [-0.05, 0) is 38.6 Å². The molecule has 1 fully saturated rings. The Balaban J connectivity index is 1.76. The van der Waals surface area contributed by atoms with Gasteiger partial charge in [0.1, 0.15) is 11.3 Å². The molecule has 0 spiro atoms. The van der Waals surface area contributed by atoms with Gasteiger partial charge in [0.05, 0.1) is 6.04 Å². The number of nitrogens with one attached hydrogen (secondary N) is 1. The fourth-order valence-corrected chi connectivity index (χ4v) is 3.54. The van der Waals surface area contributed by atoms with Gasteiger partial charge >= 0.3 is 0 Å². The zero-order valence-corrected chi connectivity index (χ0v) is 13.1. The highest BCUT2D eigenvalue weighted by Crippen LogP contribution is 2.28. The van der Waals surface area contributed by atoms with Crippen LogP contribution in [-0.2, 0) is 0 Å². The molecule has 1 N–H and O–H groups in total. The van der Waals surface area contributed by atoms with Gasteiger partial charge in [0.25, 0.3) is 0 Å². The van der Waals surface area contributed by atoms with Gasteiger partial charge in [0.2, 0.25) is 0 Å². The molecule has 114 valence electrons. The number of nitrogens with zero attached hydrogens (tertiary/aromatic N) is 1. The highest BCUT2D eigenvalue weighted by molar-refractivity contribution is 5.77.